The third-order valence-electron chi connectivity index (χ3n) is 6.39. The van der Waals surface area contributed by atoms with Crippen LogP contribution in [0.1, 0.15) is 117 Å². The topological polar surface area (TPSA) is 131 Å². The number of thioether (sulfide) groups is 1. The molecule has 0 aliphatic heterocycles. The summed E-state index contributed by atoms with van der Waals surface area (Å²) in [6, 6.07) is -2.07. The zero-order valence-electron chi connectivity index (χ0n) is 24.6. The van der Waals surface area contributed by atoms with Gasteiger partial charge in [0.05, 0.1) is 20.3 Å². The predicted octanol–water partition coefficient (Wildman–Crippen LogP) is 4.68. The first kappa shape index (κ1) is 37.2. The number of ether oxygens (including phenoxy) is 2. The maximum Gasteiger partial charge on any atom is 0.330 e. The van der Waals surface area contributed by atoms with Gasteiger partial charge in [0.25, 0.3) is 0 Å². The number of aliphatic hydroxyl groups is 1. The lowest BCUT2D eigenvalue weighted by Gasteiger charge is -2.20. The van der Waals surface area contributed by atoms with E-state index in [1.165, 1.54) is 95.7 Å². The molecular formula is C29H54N2O7S. The van der Waals surface area contributed by atoms with Gasteiger partial charge in [-0.3, -0.25) is 14.4 Å². The highest BCUT2D eigenvalue weighted by Gasteiger charge is 2.26. The van der Waals surface area contributed by atoms with Crippen LogP contribution in [0.15, 0.2) is 0 Å². The molecule has 9 nitrogen and oxygen atoms in total. The van der Waals surface area contributed by atoms with Gasteiger partial charge in [-0.25, -0.2) is 4.79 Å². The Bertz CT molecular complexity index is 664. The van der Waals surface area contributed by atoms with Crippen molar-refractivity contribution < 1.29 is 33.8 Å². The van der Waals surface area contributed by atoms with E-state index in [4.69, 9.17) is 4.74 Å². The summed E-state index contributed by atoms with van der Waals surface area (Å²) < 4.78 is 9.85. The van der Waals surface area contributed by atoms with Crippen LogP contribution in [0.4, 0.5) is 0 Å². The van der Waals surface area contributed by atoms with Crippen molar-refractivity contribution in [2.75, 3.05) is 31.8 Å². The maximum atomic E-state index is 12.4. The molecule has 3 N–H and O–H groups in total. The van der Waals surface area contributed by atoms with Crippen molar-refractivity contribution in [1.82, 2.24) is 10.6 Å². The summed E-state index contributed by atoms with van der Waals surface area (Å²) in [5.74, 6) is -1.09. The van der Waals surface area contributed by atoms with Crippen molar-refractivity contribution in [3.05, 3.63) is 0 Å². The number of unbranched alkanes of at least 4 members (excludes halogenated alkanes) is 13. The molecule has 0 unspecified atom stereocenters. The fourth-order valence-corrected chi connectivity index (χ4v) is 5.08. The highest BCUT2D eigenvalue weighted by molar-refractivity contribution is 7.99. The van der Waals surface area contributed by atoms with E-state index in [0.29, 0.717) is 25.2 Å². The highest BCUT2D eigenvalue weighted by atomic mass is 32.2. The zero-order chi connectivity index (χ0) is 29.1. The number of hydrogen-bond acceptors (Lipinski definition) is 8. The van der Waals surface area contributed by atoms with Gasteiger partial charge in [0, 0.05) is 19.1 Å². The molecule has 0 aliphatic carbocycles. The lowest BCUT2D eigenvalue weighted by atomic mass is 10.0. The predicted molar refractivity (Wildman–Crippen MR) is 156 cm³/mol. The van der Waals surface area contributed by atoms with Gasteiger partial charge < -0.3 is 25.2 Å². The normalized spacial score (nSPS) is 12.4. The van der Waals surface area contributed by atoms with Crippen LogP contribution in [0.3, 0.4) is 0 Å². The second kappa shape index (κ2) is 26.4. The van der Waals surface area contributed by atoms with Gasteiger partial charge >= 0.3 is 11.9 Å². The van der Waals surface area contributed by atoms with E-state index in [9.17, 15) is 24.3 Å². The Labute approximate surface area is 240 Å². The molecule has 0 aromatic rings. The molecule has 2 amide bonds. The van der Waals surface area contributed by atoms with E-state index in [-0.39, 0.29) is 17.6 Å². The van der Waals surface area contributed by atoms with Crippen molar-refractivity contribution in [2.24, 2.45) is 0 Å². The minimum atomic E-state index is -1.20. The van der Waals surface area contributed by atoms with Crippen LogP contribution in [0.5, 0.6) is 0 Å². The largest absolute Gasteiger partial charge is 0.467 e. The summed E-state index contributed by atoms with van der Waals surface area (Å²) in [5, 5.41) is 14.2. The highest BCUT2D eigenvalue weighted by Crippen LogP contribution is 2.13. The molecule has 39 heavy (non-hydrogen) atoms. The van der Waals surface area contributed by atoms with Crippen molar-refractivity contribution in [1.29, 1.82) is 0 Å². The average Bonchev–Trinajstić information content (AvgIpc) is 2.92. The van der Waals surface area contributed by atoms with E-state index in [1.54, 1.807) is 0 Å². The van der Waals surface area contributed by atoms with Crippen LogP contribution >= 0.6 is 11.8 Å². The molecule has 10 heteroatoms. The van der Waals surface area contributed by atoms with Crippen LogP contribution in [0.2, 0.25) is 0 Å². The van der Waals surface area contributed by atoms with Crippen molar-refractivity contribution in [3.8, 4) is 0 Å². The van der Waals surface area contributed by atoms with Crippen LogP contribution in [-0.2, 0) is 28.7 Å². The molecule has 2 atom stereocenters. The van der Waals surface area contributed by atoms with Gasteiger partial charge in [-0.05, 0) is 18.6 Å². The van der Waals surface area contributed by atoms with Crippen LogP contribution < -0.4 is 10.6 Å². The van der Waals surface area contributed by atoms with E-state index in [1.807, 2.05) is 0 Å². The molecule has 0 heterocycles. The quantitative estimate of drug-likeness (QED) is 0.100. The Morgan fingerprint density at radius 1 is 0.769 bits per heavy atom. The number of aliphatic hydroxyl groups excluding tert-OH is 1. The summed E-state index contributed by atoms with van der Waals surface area (Å²) in [6.45, 7) is 3.40. The van der Waals surface area contributed by atoms with Gasteiger partial charge in [-0.1, -0.05) is 90.4 Å². The molecule has 0 rings (SSSR count). The molecule has 0 radical (unpaired) electrons. The van der Waals surface area contributed by atoms with Crippen LogP contribution in [0, 0.1) is 0 Å². The minimum absolute atomic E-state index is 0.217. The molecule has 0 saturated carbocycles. The Kier molecular flexibility index (Phi) is 25.2. The van der Waals surface area contributed by atoms with Gasteiger partial charge in [0.2, 0.25) is 11.8 Å². The van der Waals surface area contributed by atoms with Crippen LogP contribution in [0.25, 0.3) is 0 Å². The third-order valence-corrected chi connectivity index (χ3v) is 7.54. The summed E-state index contributed by atoms with van der Waals surface area (Å²) >= 11 is 1.41. The minimum Gasteiger partial charge on any atom is -0.467 e. The number of amides is 2. The number of esters is 2. The van der Waals surface area contributed by atoms with Gasteiger partial charge in [-0.15, -0.1) is 0 Å². The molecule has 0 aromatic heterocycles. The monoisotopic (exact) mass is 574 g/mol. The molecule has 0 fully saturated rings. The standard InChI is InChI=1S/C29H54N2O7S/c1-4-5-6-7-8-9-10-11-12-13-14-15-16-17-20-38-27(34)19-18-21-39-23-26(30-24(2)33)28(35)31-25(22-32)29(36)37-3/h25-26,32H,4-23H2,1-3H3,(H,30,33)(H,31,35)/t25-,26-/m0/s1. The summed E-state index contributed by atoms with van der Waals surface area (Å²) in [6.07, 6.45) is 18.9. The summed E-state index contributed by atoms with van der Waals surface area (Å²) in [5.41, 5.74) is 0. The average molecular weight is 575 g/mol. The Morgan fingerprint density at radius 2 is 1.31 bits per heavy atom. The Morgan fingerprint density at radius 3 is 1.79 bits per heavy atom. The first-order valence-electron chi connectivity index (χ1n) is 14.8. The van der Waals surface area contributed by atoms with E-state index >= 15 is 0 Å². The lowest BCUT2D eigenvalue weighted by molar-refractivity contribution is -0.146. The van der Waals surface area contributed by atoms with Gasteiger partial charge in [0.15, 0.2) is 6.04 Å². The molecule has 0 bridgehead atoms. The maximum absolute atomic E-state index is 12.4. The SMILES string of the molecule is CCCCCCCCCCCCCCCCOC(=O)CCCSC[C@H](NC(C)=O)C(=O)N[C@@H](CO)C(=O)OC. The Hall–Kier alpha value is -1.81. The Balaban J connectivity index is 3.79. The molecule has 0 aliphatic rings. The van der Waals surface area contributed by atoms with Gasteiger partial charge in [0.1, 0.15) is 6.04 Å². The third kappa shape index (κ3) is 22.7. The van der Waals surface area contributed by atoms with Crippen LogP contribution in [-0.4, -0.2) is 72.8 Å². The molecular weight excluding hydrogens is 520 g/mol. The first-order chi connectivity index (χ1) is 18.8. The number of rotatable bonds is 26. The fourth-order valence-electron chi connectivity index (χ4n) is 4.10. The van der Waals surface area contributed by atoms with E-state index in [0.717, 1.165) is 20.0 Å². The lowest BCUT2D eigenvalue weighted by Crippen LogP contribution is -2.53. The number of carbonyl (C=O) groups is 4. The number of methoxy groups -OCH3 is 1. The summed E-state index contributed by atoms with van der Waals surface area (Å²) in [7, 11) is 1.16. The smallest absolute Gasteiger partial charge is 0.330 e. The second-order valence-corrected chi connectivity index (χ2v) is 11.2. The second-order valence-electron chi connectivity index (χ2n) is 10.0. The molecule has 0 aromatic carbocycles. The van der Waals surface area contributed by atoms with Gasteiger partial charge in [-0.2, -0.15) is 11.8 Å². The van der Waals surface area contributed by atoms with E-state index < -0.39 is 30.6 Å². The zero-order valence-corrected chi connectivity index (χ0v) is 25.4. The summed E-state index contributed by atoms with van der Waals surface area (Å²) in [4.78, 5) is 47.4. The fraction of sp³-hybridized carbons (Fsp3) is 0.862. The van der Waals surface area contributed by atoms with E-state index in [2.05, 4.69) is 22.3 Å². The van der Waals surface area contributed by atoms with Crippen molar-refractivity contribution in [3.63, 3.8) is 0 Å². The molecule has 0 spiro atoms. The molecule has 0 saturated heterocycles. The number of nitrogens with one attached hydrogen (secondary N) is 2. The van der Waals surface area contributed by atoms with Crippen molar-refractivity contribution >= 4 is 35.5 Å². The molecule has 228 valence electrons. The van der Waals surface area contributed by atoms with Crippen molar-refractivity contribution in [2.45, 2.75) is 129 Å². The first-order valence-corrected chi connectivity index (χ1v) is 16.0. The number of carbonyl (C=O) groups excluding carboxylic acids is 4. The number of hydrogen-bond donors (Lipinski definition) is 3.